The van der Waals surface area contributed by atoms with E-state index < -0.39 is 11.9 Å². The third kappa shape index (κ3) is 5.02. The average molecular weight is 443 g/mol. The number of carboxylic acid groups (broad SMARTS) is 2. The highest BCUT2D eigenvalue weighted by Crippen LogP contribution is 2.44. The molecule has 32 heavy (non-hydrogen) atoms. The molecule has 0 unspecified atom stereocenters. The van der Waals surface area contributed by atoms with E-state index in [9.17, 15) is 5.11 Å². The van der Waals surface area contributed by atoms with E-state index in [-0.39, 0.29) is 18.1 Å². The van der Waals surface area contributed by atoms with Gasteiger partial charge >= 0.3 is 11.9 Å². The highest BCUT2D eigenvalue weighted by Gasteiger charge is 2.37. The molecule has 0 spiro atoms. The topological polar surface area (TPSA) is 151 Å². The molecule has 1 aromatic heterocycles. The van der Waals surface area contributed by atoms with Crippen LogP contribution in [0.15, 0.2) is 35.7 Å². The molecule has 1 aromatic carbocycles. The van der Waals surface area contributed by atoms with E-state index in [1.54, 1.807) is 25.7 Å². The summed E-state index contributed by atoms with van der Waals surface area (Å²) in [4.78, 5) is 31.9. The number of hydrogen-bond donors (Lipinski definition) is 3. The predicted molar refractivity (Wildman–Crippen MR) is 113 cm³/mol. The van der Waals surface area contributed by atoms with Crippen LogP contribution in [0.3, 0.4) is 0 Å². The molecule has 10 nitrogen and oxygen atoms in total. The number of ether oxygens (including phenoxy) is 2. The van der Waals surface area contributed by atoms with E-state index >= 15 is 0 Å². The van der Waals surface area contributed by atoms with Gasteiger partial charge in [-0.25, -0.2) is 9.59 Å². The summed E-state index contributed by atoms with van der Waals surface area (Å²) in [6.45, 7) is 2.52. The zero-order valence-corrected chi connectivity index (χ0v) is 17.8. The summed E-state index contributed by atoms with van der Waals surface area (Å²) >= 11 is 0. The Morgan fingerprint density at radius 3 is 2.47 bits per heavy atom. The van der Waals surface area contributed by atoms with Gasteiger partial charge in [0.15, 0.2) is 11.5 Å². The number of benzene rings is 1. The van der Waals surface area contributed by atoms with E-state index in [1.165, 1.54) is 0 Å². The summed E-state index contributed by atoms with van der Waals surface area (Å²) in [6.07, 6.45) is 7.16. The molecule has 1 aliphatic heterocycles. The van der Waals surface area contributed by atoms with Crippen LogP contribution in [-0.2, 0) is 9.59 Å². The molecule has 4 rings (SSSR count). The number of aromatic nitrogens is 2. The summed E-state index contributed by atoms with van der Waals surface area (Å²) in [5, 5.41) is 25.0. The normalized spacial score (nSPS) is 21.1. The number of aliphatic hydroxyl groups excluding tert-OH is 1. The molecule has 0 bridgehead atoms. The van der Waals surface area contributed by atoms with Crippen molar-refractivity contribution in [2.75, 3.05) is 13.7 Å². The van der Waals surface area contributed by atoms with Crippen molar-refractivity contribution in [3.63, 3.8) is 0 Å². The minimum Gasteiger partial charge on any atom is -0.493 e. The molecule has 0 radical (unpaired) electrons. The van der Waals surface area contributed by atoms with E-state index in [0.29, 0.717) is 18.8 Å². The number of aliphatic imine (C=N–C) groups is 1. The van der Waals surface area contributed by atoms with Crippen molar-refractivity contribution >= 4 is 17.7 Å². The second kappa shape index (κ2) is 10.2. The van der Waals surface area contributed by atoms with Crippen LogP contribution in [0.25, 0.3) is 0 Å². The molecule has 3 N–H and O–H groups in total. The SMILES string of the molecule is CCOc1cc2c(cc1OC)C(c1cnccn1)=N[C@@H]1CC[C@@H](O)C[C@H]21.O=C(O)C(=O)O. The van der Waals surface area contributed by atoms with Gasteiger partial charge in [-0.05, 0) is 43.9 Å². The molecule has 2 heterocycles. The van der Waals surface area contributed by atoms with Crippen molar-refractivity contribution in [2.24, 2.45) is 4.99 Å². The lowest BCUT2D eigenvalue weighted by atomic mass is 9.74. The Labute approximate surface area is 184 Å². The van der Waals surface area contributed by atoms with Crippen LogP contribution < -0.4 is 9.47 Å². The molecular weight excluding hydrogens is 418 g/mol. The Balaban J connectivity index is 0.000000427. The average Bonchev–Trinajstić information content (AvgIpc) is 2.79. The fourth-order valence-corrected chi connectivity index (χ4v) is 4.00. The van der Waals surface area contributed by atoms with Gasteiger partial charge < -0.3 is 24.8 Å². The number of carboxylic acids is 2. The maximum Gasteiger partial charge on any atom is 0.414 e. The van der Waals surface area contributed by atoms with Crippen molar-refractivity contribution in [2.45, 2.75) is 44.2 Å². The highest BCUT2D eigenvalue weighted by atomic mass is 16.5. The largest absolute Gasteiger partial charge is 0.493 e. The smallest absolute Gasteiger partial charge is 0.414 e. The van der Waals surface area contributed by atoms with Gasteiger partial charge in [0.1, 0.15) is 5.69 Å². The molecule has 10 heteroatoms. The van der Waals surface area contributed by atoms with E-state index in [1.807, 2.05) is 13.0 Å². The van der Waals surface area contributed by atoms with Gasteiger partial charge in [-0.1, -0.05) is 0 Å². The van der Waals surface area contributed by atoms with Gasteiger partial charge in [0.2, 0.25) is 0 Å². The Kier molecular flexibility index (Phi) is 7.37. The number of rotatable bonds is 4. The fraction of sp³-hybridized carbons (Fsp3) is 0.409. The summed E-state index contributed by atoms with van der Waals surface area (Å²) in [5.74, 6) is -2.06. The fourth-order valence-electron chi connectivity index (χ4n) is 4.00. The van der Waals surface area contributed by atoms with Gasteiger partial charge in [0, 0.05) is 23.9 Å². The van der Waals surface area contributed by atoms with E-state index in [4.69, 9.17) is 34.3 Å². The predicted octanol–water partition coefficient (Wildman–Crippen LogP) is 1.89. The Morgan fingerprint density at radius 2 is 1.88 bits per heavy atom. The molecule has 0 saturated heterocycles. The summed E-state index contributed by atoms with van der Waals surface area (Å²) < 4.78 is 11.3. The molecule has 1 saturated carbocycles. The molecular formula is C22H25N3O7. The van der Waals surface area contributed by atoms with Crippen molar-refractivity contribution in [1.82, 2.24) is 9.97 Å². The zero-order valence-electron chi connectivity index (χ0n) is 17.8. The summed E-state index contributed by atoms with van der Waals surface area (Å²) in [5.41, 5.74) is 3.73. The lowest BCUT2D eigenvalue weighted by Crippen LogP contribution is -2.34. The van der Waals surface area contributed by atoms with Crippen LogP contribution in [0, 0.1) is 0 Å². The summed E-state index contributed by atoms with van der Waals surface area (Å²) in [7, 11) is 1.64. The number of fused-ring (bicyclic) bond motifs is 3. The maximum absolute atomic E-state index is 10.2. The highest BCUT2D eigenvalue weighted by molar-refractivity contribution is 6.27. The van der Waals surface area contributed by atoms with Crippen molar-refractivity contribution in [1.29, 1.82) is 0 Å². The lowest BCUT2D eigenvalue weighted by Gasteiger charge is -2.37. The van der Waals surface area contributed by atoms with Gasteiger partial charge in [0.05, 0.1) is 37.8 Å². The number of carbonyl (C=O) groups is 2. The van der Waals surface area contributed by atoms with Crippen LogP contribution in [0.4, 0.5) is 0 Å². The first-order chi connectivity index (χ1) is 15.3. The van der Waals surface area contributed by atoms with Gasteiger partial charge in [-0.15, -0.1) is 0 Å². The second-order valence-electron chi connectivity index (χ2n) is 7.34. The molecule has 2 aliphatic rings. The van der Waals surface area contributed by atoms with Crippen LogP contribution >= 0.6 is 0 Å². The minimum atomic E-state index is -1.82. The van der Waals surface area contributed by atoms with Crippen LogP contribution in [0.5, 0.6) is 11.5 Å². The third-order valence-electron chi connectivity index (χ3n) is 5.36. The van der Waals surface area contributed by atoms with Crippen molar-refractivity contribution in [3.8, 4) is 11.5 Å². The standard InChI is InChI=1S/C20H23N3O3.C2H2O4/c1-3-26-19-9-13-14-8-12(24)4-5-16(14)23-20(15(13)10-18(19)25-2)17-11-21-6-7-22-17;3-1(4)2(5)6/h6-7,9-12,14,16,24H,3-5,8H2,1-2H3;(H,3,4)(H,5,6)/t12-,14-,16-;/m1./s1. The maximum atomic E-state index is 10.2. The molecule has 1 aliphatic carbocycles. The third-order valence-corrected chi connectivity index (χ3v) is 5.36. The number of hydrogen-bond acceptors (Lipinski definition) is 8. The first-order valence-electron chi connectivity index (χ1n) is 10.2. The Hall–Kier alpha value is -3.53. The minimum absolute atomic E-state index is 0.144. The van der Waals surface area contributed by atoms with Crippen LogP contribution in [0.1, 0.15) is 48.9 Å². The number of aliphatic hydroxyl groups is 1. The lowest BCUT2D eigenvalue weighted by molar-refractivity contribution is -0.159. The Morgan fingerprint density at radius 1 is 1.12 bits per heavy atom. The first kappa shape index (κ1) is 23.1. The van der Waals surface area contributed by atoms with Crippen LogP contribution in [0.2, 0.25) is 0 Å². The van der Waals surface area contributed by atoms with Crippen LogP contribution in [-0.4, -0.2) is 68.8 Å². The van der Waals surface area contributed by atoms with Gasteiger partial charge in [-0.2, -0.15) is 0 Å². The monoisotopic (exact) mass is 443 g/mol. The first-order valence-corrected chi connectivity index (χ1v) is 10.2. The number of methoxy groups -OCH3 is 1. The molecule has 0 amide bonds. The van der Waals surface area contributed by atoms with Crippen molar-refractivity contribution in [3.05, 3.63) is 47.5 Å². The second-order valence-corrected chi connectivity index (χ2v) is 7.34. The Bertz CT molecular complexity index is 998. The molecule has 1 fully saturated rings. The molecule has 170 valence electrons. The zero-order chi connectivity index (χ0) is 23.3. The number of nitrogens with zero attached hydrogens (tertiary/aromatic N) is 3. The van der Waals surface area contributed by atoms with Crippen molar-refractivity contribution < 1.29 is 34.4 Å². The van der Waals surface area contributed by atoms with Gasteiger partial charge in [0.25, 0.3) is 0 Å². The quantitative estimate of drug-likeness (QED) is 0.602. The molecule has 2 aromatic rings. The van der Waals surface area contributed by atoms with Gasteiger partial charge in [-0.3, -0.25) is 15.0 Å². The number of aliphatic carboxylic acids is 2. The molecule has 3 atom stereocenters. The van der Waals surface area contributed by atoms with E-state index in [2.05, 4.69) is 16.0 Å². The van der Waals surface area contributed by atoms with E-state index in [0.717, 1.165) is 41.1 Å². The summed E-state index contributed by atoms with van der Waals surface area (Å²) in [6, 6.07) is 4.18.